The van der Waals surface area contributed by atoms with E-state index in [1.807, 2.05) is 0 Å². The standard InChI is InChI=1S/C14H16F5N3O/c15-13(16)7-1-2-9(13)8-21-12(20)22-10-3-5-11(6-4-10)23-14(17,18)19/h3-6,9H,1-2,7-8H2,(H3,20,21,22). The molecule has 0 amide bonds. The van der Waals surface area contributed by atoms with Gasteiger partial charge in [0.15, 0.2) is 5.96 Å². The summed E-state index contributed by atoms with van der Waals surface area (Å²) < 4.78 is 66.7. The minimum Gasteiger partial charge on any atom is -0.406 e. The van der Waals surface area contributed by atoms with Crippen molar-refractivity contribution in [2.75, 3.05) is 11.9 Å². The lowest BCUT2D eigenvalue weighted by atomic mass is 10.1. The normalized spacial score (nSPS) is 21.3. The first-order valence-corrected chi connectivity index (χ1v) is 6.96. The number of nitrogens with two attached hydrogens (primary N) is 1. The van der Waals surface area contributed by atoms with Gasteiger partial charge in [0.05, 0.1) is 6.54 Å². The van der Waals surface area contributed by atoms with Crippen molar-refractivity contribution >= 4 is 11.6 Å². The Morgan fingerprint density at radius 1 is 1.30 bits per heavy atom. The molecule has 1 aromatic carbocycles. The Hall–Kier alpha value is -2.06. The molecule has 1 saturated carbocycles. The van der Waals surface area contributed by atoms with E-state index >= 15 is 0 Å². The molecule has 1 atom stereocenters. The molecule has 1 fully saturated rings. The molecule has 0 aliphatic heterocycles. The van der Waals surface area contributed by atoms with Gasteiger partial charge in [-0.2, -0.15) is 0 Å². The van der Waals surface area contributed by atoms with Crippen LogP contribution in [0.3, 0.4) is 0 Å². The van der Waals surface area contributed by atoms with Crippen molar-refractivity contribution in [1.29, 1.82) is 0 Å². The number of anilines is 1. The average Bonchev–Trinajstić information content (AvgIpc) is 2.76. The summed E-state index contributed by atoms with van der Waals surface area (Å²) in [6, 6.07) is 4.84. The fourth-order valence-electron chi connectivity index (χ4n) is 2.36. The van der Waals surface area contributed by atoms with Crippen LogP contribution in [0, 0.1) is 5.92 Å². The number of alkyl halides is 5. The van der Waals surface area contributed by atoms with E-state index in [4.69, 9.17) is 5.73 Å². The van der Waals surface area contributed by atoms with Gasteiger partial charge in [0.1, 0.15) is 5.75 Å². The lowest BCUT2D eigenvalue weighted by Gasteiger charge is -2.17. The molecule has 9 heteroatoms. The van der Waals surface area contributed by atoms with Gasteiger partial charge in [-0.15, -0.1) is 13.2 Å². The second-order valence-electron chi connectivity index (χ2n) is 5.27. The number of guanidine groups is 1. The maximum atomic E-state index is 13.4. The first kappa shape index (κ1) is 17.3. The van der Waals surface area contributed by atoms with Crippen molar-refractivity contribution in [2.45, 2.75) is 31.5 Å². The summed E-state index contributed by atoms with van der Waals surface area (Å²) in [6.45, 7) is -0.0961. The van der Waals surface area contributed by atoms with Gasteiger partial charge in [0.2, 0.25) is 0 Å². The van der Waals surface area contributed by atoms with E-state index in [9.17, 15) is 22.0 Å². The molecule has 0 aromatic heterocycles. The van der Waals surface area contributed by atoms with E-state index < -0.39 is 18.2 Å². The first-order chi connectivity index (χ1) is 10.7. The van der Waals surface area contributed by atoms with Gasteiger partial charge < -0.3 is 15.8 Å². The summed E-state index contributed by atoms with van der Waals surface area (Å²) >= 11 is 0. The van der Waals surface area contributed by atoms with E-state index in [0.29, 0.717) is 18.5 Å². The highest BCUT2D eigenvalue weighted by Crippen LogP contribution is 2.40. The van der Waals surface area contributed by atoms with Gasteiger partial charge >= 0.3 is 6.36 Å². The second-order valence-corrected chi connectivity index (χ2v) is 5.27. The third-order valence-corrected chi connectivity index (χ3v) is 3.50. The number of nitrogens with one attached hydrogen (secondary N) is 1. The molecule has 0 bridgehead atoms. The molecule has 1 unspecified atom stereocenters. The van der Waals surface area contributed by atoms with Crippen molar-refractivity contribution in [3.63, 3.8) is 0 Å². The lowest BCUT2D eigenvalue weighted by molar-refractivity contribution is -0.274. The quantitative estimate of drug-likeness (QED) is 0.500. The van der Waals surface area contributed by atoms with Crippen molar-refractivity contribution in [3.8, 4) is 5.75 Å². The Labute approximate surface area is 129 Å². The zero-order chi connectivity index (χ0) is 17.1. The third-order valence-electron chi connectivity index (χ3n) is 3.50. The number of halogens is 5. The topological polar surface area (TPSA) is 59.6 Å². The highest BCUT2D eigenvalue weighted by atomic mass is 19.4. The SMILES string of the molecule is NC(=NCC1CCCC1(F)F)Nc1ccc(OC(F)(F)F)cc1. The van der Waals surface area contributed by atoms with Crippen molar-refractivity contribution in [3.05, 3.63) is 24.3 Å². The molecule has 0 heterocycles. The smallest absolute Gasteiger partial charge is 0.406 e. The van der Waals surface area contributed by atoms with E-state index in [1.165, 1.54) is 12.1 Å². The van der Waals surface area contributed by atoms with Crippen molar-refractivity contribution < 1.29 is 26.7 Å². The molecule has 3 N–H and O–H groups in total. The fourth-order valence-corrected chi connectivity index (χ4v) is 2.36. The lowest BCUT2D eigenvalue weighted by Crippen LogP contribution is -2.28. The van der Waals surface area contributed by atoms with E-state index in [-0.39, 0.29) is 24.7 Å². The Balaban J connectivity index is 1.89. The van der Waals surface area contributed by atoms with Crippen LogP contribution in [0.2, 0.25) is 0 Å². The molecule has 0 saturated heterocycles. The number of aliphatic imine (C=N–C) groups is 1. The number of benzene rings is 1. The van der Waals surface area contributed by atoms with Gasteiger partial charge in [-0.05, 0) is 37.1 Å². The van der Waals surface area contributed by atoms with E-state index in [1.54, 1.807) is 0 Å². The summed E-state index contributed by atoms with van der Waals surface area (Å²) in [4.78, 5) is 3.87. The number of hydrogen-bond donors (Lipinski definition) is 2. The summed E-state index contributed by atoms with van der Waals surface area (Å²) in [7, 11) is 0. The van der Waals surface area contributed by atoms with Crippen LogP contribution in [0.4, 0.5) is 27.6 Å². The second kappa shape index (κ2) is 6.59. The predicted octanol–water partition coefficient (Wildman–Crippen LogP) is 3.75. The predicted molar refractivity (Wildman–Crippen MR) is 75.5 cm³/mol. The zero-order valence-electron chi connectivity index (χ0n) is 12.0. The van der Waals surface area contributed by atoms with Gasteiger partial charge in [-0.3, -0.25) is 4.99 Å². The molecule has 128 valence electrons. The fraction of sp³-hybridized carbons (Fsp3) is 0.500. The Morgan fingerprint density at radius 3 is 2.48 bits per heavy atom. The molecule has 4 nitrogen and oxygen atoms in total. The van der Waals surface area contributed by atoms with E-state index in [0.717, 1.165) is 12.1 Å². The molecule has 0 radical (unpaired) electrons. The van der Waals surface area contributed by atoms with Gasteiger partial charge in [0, 0.05) is 18.0 Å². The first-order valence-electron chi connectivity index (χ1n) is 6.96. The maximum absolute atomic E-state index is 13.4. The molecule has 2 rings (SSSR count). The largest absolute Gasteiger partial charge is 0.573 e. The summed E-state index contributed by atoms with van der Waals surface area (Å²) in [6.07, 6.45) is -4.04. The average molecular weight is 337 g/mol. The molecular weight excluding hydrogens is 321 g/mol. The van der Waals surface area contributed by atoms with Crippen molar-refractivity contribution in [1.82, 2.24) is 0 Å². The number of rotatable bonds is 4. The van der Waals surface area contributed by atoms with Crippen LogP contribution in [-0.4, -0.2) is 24.8 Å². The third kappa shape index (κ3) is 5.26. The molecular formula is C14H16F5N3O. The molecule has 0 spiro atoms. The Kier molecular flexibility index (Phi) is 4.96. The Morgan fingerprint density at radius 2 is 1.96 bits per heavy atom. The van der Waals surface area contributed by atoms with Crippen LogP contribution in [-0.2, 0) is 0 Å². The van der Waals surface area contributed by atoms with E-state index in [2.05, 4.69) is 15.0 Å². The minimum atomic E-state index is -4.76. The van der Waals surface area contributed by atoms with Gasteiger partial charge in [-0.1, -0.05) is 0 Å². The molecule has 1 aliphatic carbocycles. The van der Waals surface area contributed by atoms with Crippen LogP contribution in [0.5, 0.6) is 5.75 Å². The summed E-state index contributed by atoms with van der Waals surface area (Å²) in [5, 5.41) is 2.63. The van der Waals surface area contributed by atoms with Crippen LogP contribution in [0.25, 0.3) is 0 Å². The molecule has 23 heavy (non-hydrogen) atoms. The number of hydrogen-bond acceptors (Lipinski definition) is 2. The summed E-state index contributed by atoms with van der Waals surface area (Å²) in [5.74, 6) is -3.99. The van der Waals surface area contributed by atoms with Crippen LogP contribution < -0.4 is 15.8 Å². The molecule has 1 aromatic rings. The van der Waals surface area contributed by atoms with Crippen LogP contribution in [0.1, 0.15) is 19.3 Å². The van der Waals surface area contributed by atoms with Crippen LogP contribution in [0.15, 0.2) is 29.3 Å². The van der Waals surface area contributed by atoms with Crippen molar-refractivity contribution in [2.24, 2.45) is 16.6 Å². The highest BCUT2D eigenvalue weighted by Gasteiger charge is 2.43. The number of ether oxygens (including phenoxy) is 1. The summed E-state index contributed by atoms with van der Waals surface area (Å²) in [5.41, 5.74) is 5.97. The maximum Gasteiger partial charge on any atom is 0.573 e. The number of nitrogens with zero attached hydrogens (tertiary/aromatic N) is 1. The minimum absolute atomic E-state index is 0.0720. The zero-order valence-corrected chi connectivity index (χ0v) is 12.0. The molecule has 1 aliphatic rings. The highest BCUT2D eigenvalue weighted by molar-refractivity contribution is 5.92. The van der Waals surface area contributed by atoms with Gasteiger partial charge in [-0.25, -0.2) is 8.78 Å². The monoisotopic (exact) mass is 337 g/mol. The van der Waals surface area contributed by atoms with Crippen LogP contribution >= 0.6 is 0 Å². The Bertz CT molecular complexity index is 557. The van der Waals surface area contributed by atoms with Gasteiger partial charge in [0.25, 0.3) is 5.92 Å².